The van der Waals surface area contributed by atoms with Crippen LogP contribution in [0.4, 0.5) is 0 Å². The zero-order valence-corrected chi connectivity index (χ0v) is 15.3. The monoisotopic (exact) mass is 366 g/mol. The third kappa shape index (κ3) is 22.3. The Bertz CT molecular complexity index is 375. The van der Waals surface area contributed by atoms with Crippen molar-refractivity contribution in [2.75, 3.05) is 6.61 Å². The maximum absolute atomic E-state index is 10.9. The molecule has 9 heteroatoms. The molecule has 0 aliphatic carbocycles. The zero-order chi connectivity index (χ0) is 20.6. The van der Waals surface area contributed by atoms with Crippen molar-refractivity contribution in [2.24, 2.45) is 0 Å². The molecule has 25 heavy (non-hydrogen) atoms. The zero-order valence-electron chi connectivity index (χ0n) is 15.3. The first-order valence-electron chi connectivity index (χ1n) is 7.68. The molecular formula is C16H30O9. The number of aliphatic hydroxyl groups is 4. The molecule has 0 heterocycles. The second-order valence-electron chi connectivity index (χ2n) is 5.42. The van der Waals surface area contributed by atoms with E-state index in [4.69, 9.17) is 5.11 Å². The van der Waals surface area contributed by atoms with Gasteiger partial charge < -0.3 is 39.5 Å². The van der Waals surface area contributed by atoms with Gasteiger partial charge in [0.2, 0.25) is 0 Å². The number of aldehydes is 1. The summed E-state index contributed by atoms with van der Waals surface area (Å²) in [7, 11) is 0. The molecule has 148 valence electrons. The number of ether oxygens (including phenoxy) is 1. The molecule has 0 spiro atoms. The Morgan fingerprint density at radius 2 is 1.32 bits per heavy atom. The number of ketones is 2. The molecule has 0 fully saturated rings. The summed E-state index contributed by atoms with van der Waals surface area (Å²) < 4.78 is 4.60. The molecule has 0 rings (SSSR count). The second-order valence-corrected chi connectivity index (χ2v) is 5.42. The fourth-order valence-electron chi connectivity index (χ4n) is 1.06. The fourth-order valence-corrected chi connectivity index (χ4v) is 1.06. The van der Waals surface area contributed by atoms with Crippen LogP contribution in [0, 0.1) is 0 Å². The van der Waals surface area contributed by atoms with E-state index in [-0.39, 0.29) is 24.3 Å². The number of hydrogen-bond donors (Lipinski definition) is 4. The molecule has 0 aliphatic heterocycles. The van der Waals surface area contributed by atoms with Crippen LogP contribution in [0.1, 0.15) is 47.5 Å². The lowest BCUT2D eigenvalue weighted by Gasteiger charge is -2.23. The largest absolute Gasteiger partial charge is 0.463 e. The summed E-state index contributed by atoms with van der Waals surface area (Å²) in [5.41, 5.74) is 0. The lowest BCUT2D eigenvalue weighted by molar-refractivity contribution is -0.156. The molecule has 4 atom stereocenters. The van der Waals surface area contributed by atoms with Crippen LogP contribution in [0.25, 0.3) is 0 Å². The standard InChI is InChI=1S/C10H18O7.2C3H6O/c1-2-3-8(14)17-5-7(13)10(16)9(15)6(12)4-11;2*1-3(2)4/h4,6-7,9-10,12-13,15-16H,2-3,5H2,1H3;2*1-2H3/t6-,7+,9+,10+;;/m0../s1. The van der Waals surface area contributed by atoms with E-state index in [2.05, 4.69) is 4.74 Å². The van der Waals surface area contributed by atoms with E-state index in [1.165, 1.54) is 27.7 Å². The molecule has 9 nitrogen and oxygen atoms in total. The SMILES string of the molecule is CC(C)=O.CC(C)=O.CCCC(=O)OC[C@@H](O)[C@@H](O)[C@H](O)[C@@H](O)C=O. The Kier molecular flexibility index (Phi) is 19.3. The quantitative estimate of drug-likeness (QED) is 0.317. The molecule has 0 radical (unpaired) electrons. The molecule has 0 amide bonds. The molecule has 0 saturated carbocycles. The first kappa shape index (κ1) is 28.1. The molecule has 0 aromatic carbocycles. The van der Waals surface area contributed by atoms with E-state index in [0.717, 1.165) is 0 Å². The highest BCUT2D eigenvalue weighted by Gasteiger charge is 2.30. The third-order valence-corrected chi connectivity index (χ3v) is 2.10. The van der Waals surface area contributed by atoms with Crippen LogP contribution in [0.15, 0.2) is 0 Å². The topological polar surface area (TPSA) is 158 Å². The number of carbonyl (C=O) groups is 4. The second kappa shape index (κ2) is 17.2. The van der Waals surface area contributed by atoms with Gasteiger partial charge in [-0.2, -0.15) is 0 Å². The summed E-state index contributed by atoms with van der Waals surface area (Å²) in [6.07, 6.45) is -6.17. The number of esters is 1. The smallest absolute Gasteiger partial charge is 0.305 e. The van der Waals surface area contributed by atoms with Crippen molar-refractivity contribution >= 4 is 23.8 Å². The van der Waals surface area contributed by atoms with E-state index in [9.17, 15) is 34.5 Å². The van der Waals surface area contributed by atoms with Gasteiger partial charge in [-0.25, -0.2) is 0 Å². The maximum Gasteiger partial charge on any atom is 0.305 e. The Morgan fingerprint density at radius 1 is 0.920 bits per heavy atom. The summed E-state index contributed by atoms with van der Waals surface area (Å²) >= 11 is 0. The third-order valence-electron chi connectivity index (χ3n) is 2.10. The van der Waals surface area contributed by atoms with Gasteiger partial charge in [0.05, 0.1) is 0 Å². The molecule has 0 aromatic rings. The normalized spacial score (nSPS) is 14.3. The van der Waals surface area contributed by atoms with Gasteiger partial charge in [-0.15, -0.1) is 0 Å². The van der Waals surface area contributed by atoms with Gasteiger partial charge >= 0.3 is 5.97 Å². The van der Waals surface area contributed by atoms with Gasteiger partial charge in [0.1, 0.15) is 42.6 Å². The van der Waals surface area contributed by atoms with E-state index in [0.29, 0.717) is 6.42 Å². The molecule has 0 aromatic heterocycles. The Balaban J connectivity index is -0.000000503. The molecule has 4 N–H and O–H groups in total. The van der Waals surface area contributed by atoms with Crippen LogP contribution in [0.2, 0.25) is 0 Å². The number of rotatable bonds is 8. The first-order chi connectivity index (χ1) is 11.4. The summed E-state index contributed by atoms with van der Waals surface area (Å²) in [6.45, 7) is 7.37. The van der Waals surface area contributed by atoms with Crippen LogP contribution in [-0.4, -0.2) is 75.3 Å². The van der Waals surface area contributed by atoms with Crippen LogP contribution in [0.3, 0.4) is 0 Å². The predicted molar refractivity (Wildman–Crippen MR) is 88.7 cm³/mol. The van der Waals surface area contributed by atoms with Crippen LogP contribution >= 0.6 is 0 Å². The summed E-state index contributed by atoms with van der Waals surface area (Å²) in [5.74, 6) is -0.204. The van der Waals surface area contributed by atoms with E-state index < -0.39 is 37.0 Å². The summed E-state index contributed by atoms with van der Waals surface area (Å²) in [6, 6.07) is 0. The van der Waals surface area contributed by atoms with Gasteiger partial charge in [-0.1, -0.05) is 6.92 Å². The highest BCUT2D eigenvalue weighted by atomic mass is 16.5. The van der Waals surface area contributed by atoms with Gasteiger partial charge in [-0.3, -0.25) is 4.79 Å². The summed E-state index contributed by atoms with van der Waals surface area (Å²) in [5, 5.41) is 36.8. The number of aliphatic hydroxyl groups excluding tert-OH is 4. The van der Waals surface area contributed by atoms with Crippen LogP contribution in [-0.2, 0) is 23.9 Å². The van der Waals surface area contributed by atoms with Crippen molar-refractivity contribution in [1.82, 2.24) is 0 Å². The van der Waals surface area contributed by atoms with Crippen LogP contribution in [0.5, 0.6) is 0 Å². The summed E-state index contributed by atoms with van der Waals surface area (Å²) in [4.78, 5) is 40.0. The highest BCUT2D eigenvalue weighted by molar-refractivity contribution is 5.72. The van der Waals surface area contributed by atoms with Gasteiger partial charge in [0, 0.05) is 6.42 Å². The average Bonchev–Trinajstić information content (AvgIpc) is 2.49. The Hall–Kier alpha value is -1.68. The number of carbonyl (C=O) groups excluding carboxylic acids is 4. The van der Waals surface area contributed by atoms with Gasteiger partial charge in [0.25, 0.3) is 0 Å². The first-order valence-corrected chi connectivity index (χ1v) is 7.68. The van der Waals surface area contributed by atoms with Crippen molar-refractivity contribution in [3.05, 3.63) is 0 Å². The molecular weight excluding hydrogens is 336 g/mol. The van der Waals surface area contributed by atoms with Crippen molar-refractivity contribution < 1.29 is 44.3 Å². The molecule has 0 aliphatic rings. The predicted octanol–water partition coefficient (Wildman–Crippen LogP) is -0.837. The van der Waals surface area contributed by atoms with Crippen molar-refractivity contribution in [2.45, 2.75) is 71.9 Å². The van der Waals surface area contributed by atoms with Gasteiger partial charge in [0.15, 0.2) is 6.29 Å². The average molecular weight is 366 g/mol. The van der Waals surface area contributed by atoms with Crippen molar-refractivity contribution in [3.8, 4) is 0 Å². The number of Topliss-reactive ketones (excluding diaryl/α,β-unsaturated/α-hetero) is 2. The Labute approximate surface area is 147 Å². The fraction of sp³-hybridized carbons (Fsp3) is 0.750. The van der Waals surface area contributed by atoms with Crippen molar-refractivity contribution in [1.29, 1.82) is 0 Å². The molecule has 0 saturated heterocycles. The molecule has 0 unspecified atom stereocenters. The lowest BCUT2D eigenvalue weighted by atomic mass is 10.0. The van der Waals surface area contributed by atoms with Crippen molar-refractivity contribution in [3.63, 3.8) is 0 Å². The maximum atomic E-state index is 10.9. The minimum atomic E-state index is -1.83. The lowest BCUT2D eigenvalue weighted by Crippen LogP contribution is -2.46. The highest BCUT2D eigenvalue weighted by Crippen LogP contribution is 2.05. The molecule has 0 bridgehead atoms. The van der Waals surface area contributed by atoms with Crippen LogP contribution < -0.4 is 0 Å². The Morgan fingerprint density at radius 3 is 1.64 bits per heavy atom. The van der Waals surface area contributed by atoms with E-state index >= 15 is 0 Å². The number of hydrogen-bond acceptors (Lipinski definition) is 9. The van der Waals surface area contributed by atoms with Gasteiger partial charge in [-0.05, 0) is 34.1 Å². The minimum absolute atomic E-state index is 0.0314. The van der Waals surface area contributed by atoms with E-state index in [1.807, 2.05) is 0 Å². The minimum Gasteiger partial charge on any atom is -0.463 e. The van der Waals surface area contributed by atoms with E-state index in [1.54, 1.807) is 6.92 Å².